The zero-order chi connectivity index (χ0) is 12.5. The molecule has 1 aliphatic rings. The normalized spacial score (nSPS) is 28.9. The van der Waals surface area contributed by atoms with E-state index in [4.69, 9.17) is 10.8 Å². The first kappa shape index (κ1) is 12.9. The van der Waals surface area contributed by atoms with Gasteiger partial charge in [-0.05, 0) is 13.3 Å². The number of β-amino-alcohol motifs (C(OH)–C–C–N with tert-alkyl or cyclic N) is 1. The van der Waals surface area contributed by atoms with E-state index in [0.29, 0.717) is 6.42 Å². The van der Waals surface area contributed by atoms with Gasteiger partial charge >= 0.3 is 5.97 Å². The smallest absolute Gasteiger partial charge is 0.326 e. The molecule has 1 heterocycles. The number of nitrogens with zero attached hydrogens (tertiary/aromatic N) is 1. The highest BCUT2D eigenvalue weighted by molar-refractivity contribution is 5.90. The number of carboxylic acids is 1. The minimum Gasteiger partial charge on any atom is -0.480 e. The molecule has 0 aromatic rings. The average Bonchev–Trinajstić information content (AvgIpc) is 2.59. The van der Waals surface area contributed by atoms with Crippen molar-refractivity contribution in [2.45, 2.75) is 44.4 Å². The van der Waals surface area contributed by atoms with Crippen molar-refractivity contribution in [3.05, 3.63) is 0 Å². The van der Waals surface area contributed by atoms with Crippen molar-refractivity contribution in [2.24, 2.45) is 5.73 Å². The lowest BCUT2D eigenvalue weighted by molar-refractivity contribution is -0.150. The van der Waals surface area contributed by atoms with E-state index >= 15 is 0 Å². The molecule has 3 atom stereocenters. The van der Waals surface area contributed by atoms with Crippen LogP contribution in [0.3, 0.4) is 0 Å². The third-order valence-corrected chi connectivity index (χ3v) is 3.05. The van der Waals surface area contributed by atoms with Crippen LogP contribution in [-0.2, 0) is 9.59 Å². The van der Waals surface area contributed by atoms with Crippen LogP contribution in [0, 0.1) is 0 Å². The molecule has 1 rings (SSSR count). The van der Waals surface area contributed by atoms with Gasteiger partial charge < -0.3 is 20.8 Å². The molecule has 0 aromatic heterocycles. The maximum absolute atomic E-state index is 12.0. The number of aliphatic hydroxyl groups is 1. The van der Waals surface area contributed by atoms with Crippen LogP contribution in [0.15, 0.2) is 0 Å². The van der Waals surface area contributed by atoms with Crippen LogP contribution < -0.4 is 5.73 Å². The first-order chi connectivity index (χ1) is 7.29. The van der Waals surface area contributed by atoms with Gasteiger partial charge in [-0.2, -0.15) is 0 Å². The average molecular weight is 230 g/mol. The molecule has 3 unspecified atom stereocenters. The maximum atomic E-state index is 12.0. The summed E-state index contributed by atoms with van der Waals surface area (Å²) in [7, 11) is 0. The number of likely N-dealkylation sites (tertiary alicyclic amines) is 1. The molecule has 6 heteroatoms. The van der Waals surface area contributed by atoms with E-state index < -0.39 is 29.6 Å². The standard InChI is InChI=1S/C10H18N2O4/c1-3-10(2,11)9(16)12-5-6(13)4-7(12)8(14)15/h6-7,13H,3-5,11H2,1-2H3,(H,14,15). The molecule has 0 bridgehead atoms. The zero-order valence-electron chi connectivity index (χ0n) is 9.51. The first-order valence-electron chi connectivity index (χ1n) is 5.30. The van der Waals surface area contributed by atoms with Crippen molar-refractivity contribution < 1.29 is 19.8 Å². The second-order valence-electron chi connectivity index (χ2n) is 4.47. The minimum atomic E-state index is -1.10. The van der Waals surface area contributed by atoms with Crippen LogP contribution in [0.25, 0.3) is 0 Å². The van der Waals surface area contributed by atoms with Crippen molar-refractivity contribution in [2.75, 3.05) is 6.54 Å². The Balaban J connectivity index is 2.86. The molecular weight excluding hydrogens is 212 g/mol. The molecule has 1 fully saturated rings. The largest absolute Gasteiger partial charge is 0.480 e. The number of rotatable bonds is 3. The summed E-state index contributed by atoms with van der Waals surface area (Å²) in [6.07, 6.45) is -0.288. The Kier molecular flexibility index (Phi) is 3.54. The van der Waals surface area contributed by atoms with Gasteiger partial charge in [0, 0.05) is 13.0 Å². The van der Waals surface area contributed by atoms with Crippen molar-refractivity contribution in [1.82, 2.24) is 4.90 Å². The maximum Gasteiger partial charge on any atom is 0.326 e. The summed E-state index contributed by atoms with van der Waals surface area (Å²) < 4.78 is 0. The summed E-state index contributed by atoms with van der Waals surface area (Å²) in [4.78, 5) is 24.1. The fourth-order valence-electron chi connectivity index (χ4n) is 1.75. The van der Waals surface area contributed by atoms with Gasteiger partial charge in [0.05, 0.1) is 11.6 Å². The number of carbonyl (C=O) groups is 2. The number of hydrogen-bond donors (Lipinski definition) is 3. The monoisotopic (exact) mass is 230 g/mol. The summed E-state index contributed by atoms with van der Waals surface area (Å²) in [6, 6.07) is -0.961. The van der Waals surface area contributed by atoms with Crippen LogP contribution in [0.5, 0.6) is 0 Å². The van der Waals surface area contributed by atoms with E-state index in [1.165, 1.54) is 0 Å². The third kappa shape index (κ3) is 2.33. The first-order valence-corrected chi connectivity index (χ1v) is 5.30. The molecular formula is C10H18N2O4. The van der Waals surface area contributed by atoms with Crippen molar-refractivity contribution in [3.8, 4) is 0 Å². The molecule has 1 aliphatic heterocycles. The molecule has 4 N–H and O–H groups in total. The van der Waals surface area contributed by atoms with E-state index in [2.05, 4.69) is 0 Å². The van der Waals surface area contributed by atoms with E-state index in [9.17, 15) is 14.7 Å². The van der Waals surface area contributed by atoms with Gasteiger partial charge in [-0.1, -0.05) is 6.92 Å². The Morgan fingerprint density at radius 3 is 2.56 bits per heavy atom. The summed E-state index contributed by atoms with van der Waals surface area (Å²) in [6.45, 7) is 3.38. The SMILES string of the molecule is CCC(C)(N)C(=O)N1CC(O)CC1C(=O)O. The molecule has 92 valence electrons. The summed E-state index contributed by atoms with van der Waals surface area (Å²) >= 11 is 0. The second kappa shape index (κ2) is 4.39. The lowest BCUT2D eigenvalue weighted by Gasteiger charge is -2.30. The lowest BCUT2D eigenvalue weighted by Crippen LogP contribution is -2.55. The summed E-state index contributed by atoms with van der Waals surface area (Å²) in [5, 5.41) is 18.4. The number of amides is 1. The second-order valence-corrected chi connectivity index (χ2v) is 4.47. The predicted octanol–water partition coefficient (Wildman–Crippen LogP) is -0.840. The van der Waals surface area contributed by atoms with Gasteiger partial charge in [0.2, 0.25) is 5.91 Å². The highest BCUT2D eigenvalue weighted by Gasteiger charge is 2.43. The Morgan fingerprint density at radius 1 is 1.56 bits per heavy atom. The third-order valence-electron chi connectivity index (χ3n) is 3.05. The summed E-state index contributed by atoms with van der Waals surface area (Å²) in [5.74, 6) is -1.52. The summed E-state index contributed by atoms with van der Waals surface area (Å²) in [5.41, 5.74) is 4.71. The van der Waals surface area contributed by atoms with Crippen molar-refractivity contribution >= 4 is 11.9 Å². The molecule has 16 heavy (non-hydrogen) atoms. The number of aliphatic carboxylic acids is 1. The number of carboxylic acid groups (broad SMARTS) is 1. The van der Waals surface area contributed by atoms with E-state index in [1.807, 2.05) is 0 Å². The van der Waals surface area contributed by atoms with E-state index in [-0.39, 0.29) is 13.0 Å². The Hall–Kier alpha value is -1.14. The fraction of sp³-hybridized carbons (Fsp3) is 0.800. The number of aliphatic hydroxyl groups excluding tert-OH is 1. The molecule has 0 saturated carbocycles. The number of carbonyl (C=O) groups excluding carboxylic acids is 1. The van der Waals surface area contributed by atoms with Crippen LogP contribution in [0.4, 0.5) is 0 Å². The highest BCUT2D eigenvalue weighted by Crippen LogP contribution is 2.22. The van der Waals surface area contributed by atoms with E-state index in [1.54, 1.807) is 13.8 Å². The number of nitrogens with two attached hydrogens (primary N) is 1. The van der Waals surface area contributed by atoms with Gasteiger partial charge in [0.15, 0.2) is 0 Å². The highest BCUT2D eigenvalue weighted by atomic mass is 16.4. The topological polar surface area (TPSA) is 104 Å². The Labute approximate surface area is 94.0 Å². The molecule has 1 amide bonds. The molecule has 0 aromatic carbocycles. The van der Waals surface area contributed by atoms with Gasteiger partial charge in [-0.25, -0.2) is 4.79 Å². The molecule has 0 radical (unpaired) electrons. The van der Waals surface area contributed by atoms with Crippen molar-refractivity contribution in [1.29, 1.82) is 0 Å². The minimum absolute atomic E-state index is 0.0442. The van der Waals surface area contributed by atoms with Crippen LogP contribution in [0.2, 0.25) is 0 Å². The van der Waals surface area contributed by atoms with Gasteiger partial charge in [-0.15, -0.1) is 0 Å². The molecule has 0 spiro atoms. The number of hydrogen-bond acceptors (Lipinski definition) is 4. The van der Waals surface area contributed by atoms with Gasteiger partial charge in [0.1, 0.15) is 6.04 Å². The van der Waals surface area contributed by atoms with Crippen LogP contribution in [0.1, 0.15) is 26.7 Å². The van der Waals surface area contributed by atoms with Crippen LogP contribution >= 0.6 is 0 Å². The molecule has 1 saturated heterocycles. The Bertz CT molecular complexity index is 303. The van der Waals surface area contributed by atoms with Crippen molar-refractivity contribution in [3.63, 3.8) is 0 Å². The lowest BCUT2D eigenvalue weighted by atomic mass is 9.98. The molecule has 0 aliphatic carbocycles. The quantitative estimate of drug-likeness (QED) is 0.586. The van der Waals surface area contributed by atoms with Gasteiger partial charge in [-0.3, -0.25) is 4.79 Å². The Morgan fingerprint density at radius 2 is 2.12 bits per heavy atom. The van der Waals surface area contributed by atoms with E-state index in [0.717, 1.165) is 4.90 Å². The zero-order valence-corrected chi connectivity index (χ0v) is 9.51. The van der Waals surface area contributed by atoms with Gasteiger partial charge in [0.25, 0.3) is 0 Å². The fourth-order valence-corrected chi connectivity index (χ4v) is 1.75. The molecule has 6 nitrogen and oxygen atoms in total. The predicted molar refractivity (Wildman–Crippen MR) is 56.6 cm³/mol. The van der Waals surface area contributed by atoms with Crippen LogP contribution in [-0.4, -0.2) is 51.2 Å².